The lowest BCUT2D eigenvalue weighted by Gasteiger charge is -2.14. The number of hydrogen-bond acceptors (Lipinski definition) is 4. The van der Waals surface area contributed by atoms with Gasteiger partial charge in [0.2, 0.25) is 0 Å². The molecule has 1 aromatic rings. The molecule has 0 saturated carbocycles. The number of carbonyl (C=O) groups is 2. The first-order valence-corrected chi connectivity index (χ1v) is 5.50. The third-order valence-corrected chi connectivity index (χ3v) is 2.26. The van der Waals surface area contributed by atoms with Crippen LogP contribution in [-0.2, 0) is 9.53 Å². The van der Waals surface area contributed by atoms with Crippen LogP contribution in [0.5, 0.6) is 5.75 Å². The largest absolute Gasteiger partial charge is 0.497 e. The predicted molar refractivity (Wildman–Crippen MR) is 68.4 cm³/mol. The van der Waals surface area contributed by atoms with Crippen molar-refractivity contribution >= 4 is 17.7 Å². The lowest BCUT2D eigenvalue weighted by Crippen LogP contribution is -2.45. The Balaban J connectivity index is 2.60. The first-order valence-electron chi connectivity index (χ1n) is 5.50. The Kier molecular flexibility index (Phi) is 5.62. The molecule has 0 aliphatic rings. The minimum Gasteiger partial charge on any atom is -0.497 e. The summed E-state index contributed by atoms with van der Waals surface area (Å²) in [5.41, 5.74) is 0.499. The lowest BCUT2D eigenvalue weighted by molar-refractivity contribution is -0.140. The normalized spacial score (nSPS) is 11.5. The van der Waals surface area contributed by atoms with E-state index in [1.54, 1.807) is 24.3 Å². The van der Waals surface area contributed by atoms with Crippen molar-refractivity contribution < 1.29 is 24.2 Å². The molecule has 1 rings (SSSR count). The summed E-state index contributed by atoms with van der Waals surface area (Å²) in [6, 6.07) is 4.99. The maximum atomic E-state index is 11.6. The van der Waals surface area contributed by atoms with Gasteiger partial charge in [-0.2, -0.15) is 0 Å². The van der Waals surface area contributed by atoms with E-state index in [4.69, 9.17) is 14.6 Å². The van der Waals surface area contributed by atoms with Gasteiger partial charge in [0.25, 0.3) is 0 Å². The van der Waals surface area contributed by atoms with Crippen molar-refractivity contribution in [2.45, 2.75) is 6.04 Å². The minimum absolute atomic E-state index is 0.110. The Labute approximate surface area is 110 Å². The zero-order valence-corrected chi connectivity index (χ0v) is 10.7. The first-order chi connectivity index (χ1) is 9.06. The van der Waals surface area contributed by atoms with Crippen LogP contribution in [0.2, 0.25) is 0 Å². The zero-order chi connectivity index (χ0) is 14.3. The number of urea groups is 1. The van der Waals surface area contributed by atoms with E-state index in [9.17, 15) is 9.59 Å². The van der Waals surface area contributed by atoms with Crippen LogP contribution in [0.1, 0.15) is 0 Å². The van der Waals surface area contributed by atoms with E-state index in [1.807, 2.05) is 0 Å². The number of aliphatic carboxylic acids is 1. The minimum atomic E-state index is -1.16. The molecule has 0 aromatic heterocycles. The molecule has 0 aliphatic heterocycles. The quantitative estimate of drug-likeness (QED) is 0.712. The van der Waals surface area contributed by atoms with Gasteiger partial charge in [0.1, 0.15) is 5.75 Å². The van der Waals surface area contributed by atoms with Crippen molar-refractivity contribution in [1.82, 2.24) is 5.32 Å². The molecule has 1 aromatic carbocycles. The van der Waals surface area contributed by atoms with Gasteiger partial charge in [-0.15, -0.1) is 0 Å². The summed E-state index contributed by atoms with van der Waals surface area (Å²) in [5.74, 6) is -0.577. The van der Waals surface area contributed by atoms with Gasteiger partial charge in [0, 0.05) is 18.9 Å². The van der Waals surface area contributed by atoms with Crippen LogP contribution >= 0.6 is 0 Å². The Hall–Kier alpha value is -2.28. The molecule has 19 heavy (non-hydrogen) atoms. The molecule has 1 unspecified atom stereocenters. The van der Waals surface area contributed by atoms with Crippen LogP contribution in [0.3, 0.4) is 0 Å². The highest BCUT2D eigenvalue weighted by molar-refractivity contribution is 5.92. The summed E-state index contributed by atoms with van der Waals surface area (Å²) in [6.07, 6.45) is 0. The monoisotopic (exact) mass is 268 g/mol. The summed E-state index contributed by atoms with van der Waals surface area (Å²) in [5, 5.41) is 13.7. The van der Waals surface area contributed by atoms with Crippen LogP contribution in [0, 0.1) is 0 Å². The molecule has 0 heterocycles. The number of anilines is 1. The zero-order valence-electron chi connectivity index (χ0n) is 10.7. The summed E-state index contributed by atoms with van der Waals surface area (Å²) in [6.45, 7) is -0.110. The second-order valence-corrected chi connectivity index (χ2v) is 3.68. The molecule has 0 fully saturated rings. The number of carboxylic acids is 1. The van der Waals surface area contributed by atoms with E-state index in [0.717, 1.165) is 0 Å². The molecule has 0 saturated heterocycles. The number of rotatable bonds is 6. The van der Waals surface area contributed by atoms with Crippen molar-refractivity contribution in [3.63, 3.8) is 0 Å². The van der Waals surface area contributed by atoms with Gasteiger partial charge in [-0.05, 0) is 12.1 Å². The van der Waals surface area contributed by atoms with Crippen molar-refractivity contribution in [3.05, 3.63) is 24.3 Å². The number of nitrogens with one attached hydrogen (secondary N) is 2. The third kappa shape index (κ3) is 4.84. The number of carboxylic acid groups (broad SMARTS) is 1. The van der Waals surface area contributed by atoms with E-state index in [-0.39, 0.29) is 6.61 Å². The van der Waals surface area contributed by atoms with Crippen LogP contribution in [0.4, 0.5) is 10.5 Å². The van der Waals surface area contributed by atoms with Gasteiger partial charge in [-0.3, -0.25) is 0 Å². The molecule has 104 valence electrons. The molecule has 2 amide bonds. The standard InChI is InChI=1S/C12H16N2O5/c1-18-7-10(11(15)16)14-12(17)13-8-4-3-5-9(6-8)19-2/h3-6,10H,7H2,1-2H3,(H,15,16)(H2,13,14,17). The summed E-state index contributed by atoms with van der Waals surface area (Å²) in [7, 11) is 2.87. The van der Waals surface area contributed by atoms with E-state index in [0.29, 0.717) is 11.4 Å². The topological polar surface area (TPSA) is 96.9 Å². The SMILES string of the molecule is COCC(NC(=O)Nc1cccc(OC)c1)C(=O)O. The fourth-order valence-corrected chi connectivity index (χ4v) is 1.37. The van der Waals surface area contributed by atoms with E-state index in [2.05, 4.69) is 10.6 Å². The van der Waals surface area contributed by atoms with Gasteiger partial charge in [-0.25, -0.2) is 9.59 Å². The highest BCUT2D eigenvalue weighted by Gasteiger charge is 2.19. The van der Waals surface area contributed by atoms with Gasteiger partial charge < -0.3 is 25.2 Å². The van der Waals surface area contributed by atoms with Crippen LogP contribution < -0.4 is 15.4 Å². The van der Waals surface area contributed by atoms with E-state index >= 15 is 0 Å². The number of ether oxygens (including phenoxy) is 2. The van der Waals surface area contributed by atoms with Crippen molar-refractivity contribution in [1.29, 1.82) is 0 Å². The summed E-state index contributed by atoms with van der Waals surface area (Å²) < 4.78 is 9.72. The second kappa shape index (κ2) is 7.22. The highest BCUT2D eigenvalue weighted by Crippen LogP contribution is 2.16. The van der Waals surface area contributed by atoms with Gasteiger partial charge >= 0.3 is 12.0 Å². The fourth-order valence-electron chi connectivity index (χ4n) is 1.37. The molecule has 1 atom stereocenters. The van der Waals surface area contributed by atoms with Crippen LogP contribution in [-0.4, -0.2) is 44.0 Å². The van der Waals surface area contributed by atoms with Gasteiger partial charge in [0.15, 0.2) is 6.04 Å². The van der Waals surface area contributed by atoms with Crippen molar-refractivity contribution in [2.24, 2.45) is 0 Å². The predicted octanol–water partition coefficient (Wildman–Crippen LogP) is 0.916. The molecule has 0 spiro atoms. The maximum Gasteiger partial charge on any atom is 0.328 e. The molecule has 0 bridgehead atoms. The molecule has 0 radical (unpaired) electrons. The second-order valence-electron chi connectivity index (χ2n) is 3.68. The Bertz CT molecular complexity index is 450. The lowest BCUT2D eigenvalue weighted by atomic mass is 10.3. The van der Waals surface area contributed by atoms with E-state index in [1.165, 1.54) is 14.2 Å². The molecular weight excluding hydrogens is 252 g/mol. The van der Waals surface area contributed by atoms with Crippen molar-refractivity contribution in [2.75, 3.05) is 26.1 Å². The Morgan fingerprint density at radius 3 is 2.68 bits per heavy atom. The van der Waals surface area contributed by atoms with Gasteiger partial charge in [0.05, 0.1) is 13.7 Å². The number of carbonyl (C=O) groups excluding carboxylic acids is 1. The molecule has 0 aliphatic carbocycles. The highest BCUT2D eigenvalue weighted by atomic mass is 16.5. The van der Waals surface area contributed by atoms with Crippen molar-refractivity contribution in [3.8, 4) is 5.75 Å². The Morgan fingerprint density at radius 1 is 1.37 bits per heavy atom. The molecule has 7 nitrogen and oxygen atoms in total. The third-order valence-electron chi connectivity index (χ3n) is 2.26. The van der Waals surface area contributed by atoms with E-state index < -0.39 is 18.0 Å². The first kappa shape index (κ1) is 14.8. The summed E-state index contributed by atoms with van der Waals surface area (Å²) >= 11 is 0. The number of methoxy groups -OCH3 is 2. The average molecular weight is 268 g/mol. The van der Waals surface area contributed by atoms with Crippen LogP contribution in [0.25, 0.3) is 0 Å². The van der Waals surface area contributed by atoms with Gasteiger partial charge in [-0.1, -0.05) is 6.07 Å². The Morgan fingerprint density at radius 2 is 2.11 bits per heavy atom. The molecular formula is C12H16N2O5. The average Bonchev–Trinajstić information content (AvgIpc) is 2.38. The molecule has 7 heteroatoms. The molecule has 3 N–H and O–H groups in total. The fraction of sp³-hybridized carbons (Fsp3) is 0.333. The maximum absolute atomic E-state index is 11.6. The number of benzene rings is 1. The number of hydrogen-bond donors (Lipinski definition) is 3. The summed E-state index contributed by atoms with van der Waals surface area (Å²) in [4.78, 5) is 22.5. The smallest absolute Gasteiger partial charge is 0.328 e. The van der Waals surface area contributed by atoms with Crippen LogP contribution in [0.15, 0.2) is 24.3 Å². The number of amides is 2.